The van der Waals surface area contributed by atoms with Gasteiger partial charge < -0.3 is 9.47 Å². The van der Waals surface area contributed by atoms with Crippen molar-refractivity contribution >= 4 is 11.9 Å². The van der Waals surface area contributed by atoms with Crippen molar-refractivity contribution in [2.24, 2.45) is 5.41 Å². The zero-order chi connectivity index (χ0) is 18.5. The third-order valence-corrected chi connectivity index (χ3v) is 2.53. The quantitative estimate of drug-likeness (QED) is 0.844. The standard InChI is InChI=1S/C16H25N5O3/c1-15(2,3)10-21(20-14(22)24-16(4,5)6)12-8-13(23-7)19-11(9-17)18-12/h8H,10H2,1-7H3,(H,20,22). The number of amides is 1. The van der Waals surface area contributed by atoms with Crippen molar-refractivity contribution < 1.29 is 14.3 Å². The first-order valence-corrected chi connectivity index (χ1v) is 7.54. The summed E-state index contributed by atoms with van der Waals surface area (Å²) in [6.07, 6.45) is -0.608. The number of nitrogens with zero attached hydrogens (tertiary/aromatic N) is 4. The highest BCUT2D eigenvalue weighted by atomic mass is 16.6. The Bertz CT molecular complexity index is 626. The van der Waals surface area contributed by atoms with Crippen molar-refractivity contribution in [3.05, 3.63) is 11.9 Å². The Balaban J connectivity index is 3.15. The Morgan fingerprint density at radius 1 is 1.29 bits per heavy atom. The summed E-state index contributed by atoms with van der Waals surface area (Å²) in [5.74, 6) is 0.537. The number of anilines is 1. The normalized spacial score (nSPS) is 11.4. The molecule has 0 saturated carbocycles. The molecule has 24 heavy (non-hydrogen) atoms. The highest BCUT2D eigenvalue weighted by Crippen LogP contribution is 2.22. The Kier molecular flexibility index (Phi) is 5.96. The molecule has 8 heteroatoms. The summed E-state index contributed by atoms with van der Waals surface area (Å²) >= 11 is 0. The molecule has 0 unspecified atom stereocenters. The molecule has 0 aliphatic heterocycles. The lowest BCUT2D eigenvalue weighted by molar-refractivity contribution is 0.0516. The van der Waals surface area contributed by atoms with Gasteiger partial charge in [-0.3, -0.25) is 5.01 Å². The van der Waals surface area contributed by atoms with Gasteiger partial charge in [-0.2, -0.15) is 15.2 Å². The van der Waals surface area contributed by atoms with E-state index in [2.05, 4.69) is 15.4 Å². The molecule has 0 bridgehead atoms. The van der Waals surface area contributed by atoms with Crippen LogP contribution in [0.4, 0.5) is 10.6 Å². The number of hydrogen-bond donors (Lipinski definition) is 1. The fourth-order valence-corrected chi connectivity index (χ4v) is 1.77. The zero-order valence-electron chi connectivity index (χ0n) is 15.3. The molecule has 1 aromatic rings. The van der Waals surface area contributed by atoms with E-state index in [1.54, 1.807) is 26.8 Å². The van der Waals surface area contributed by atoms with Crippen molar-refractivity contribution in [2.45, 2.75) is 47.1 Å². The van der Waals surface area contributed by atoms with Gasteiger partial charge in [0.2, 0.25) is 11.7 Å². The summed E-state index contributed by atoms with van der Waals surface area (Å²) in [6.45, 7) is 11.8. The lowest BCUT2D eigenvalue weighted by Crippen LogP contribution is -2.48. The minimum Gasteiger partial charge on any atom is -0.481 e. The van der Waals surface area contributed by atoms with Crippen molar-refractivity contribution in [1.82, 2.24) is 15.4 Å². The molecule has 1 heterocycles. The average Bonchev–Trinajstić information content (AvgIpc) is 2.42. The smallest absolute Gasteiger partial charge is 0.426 e. The van der Waals surface area contributed by atoms with E-state index in [0.29, 0.717) is 12.4 Å². The van der Waals surface area contributed by atoms with E-state index in [9.17, 15) is 4.79 Å². The van der Waals surface area contributed by atoms with Crippen molar-refractivity contribution in [3.8, 4) is 11.9 Å². The minimum atomic E-state index is -0.626. The Morgan fingerprint density at radius 3 is 2.38 bits per heavy atom. The highest BCUT2D eigenvalue weighted by molar-refractivity contribution is 5.70. The third-order valence-electron chi connectivity index (χ3n) is 2.53. The lowest BCUT2D eigenvalue weighted by Gasteiger charge is -2.31. The molecule has 0 saturated heterocycles. The number of rotatable bonds is 4. The maximum Gasteiger partial charge on any atom is 0.426 e. The van der Waals surface area contributed by atoms with Crippen molar-refractivity contribution in [3.63, 3.8) is 0 Å². The second-order valence-electron chi connectivity index (χ2n) is 7.46. The SMILES string of the molecule is COc1cc(N(CC(C)(C)C)NC(=O)OC(C)(C)C)nc(C#N)n1. The van der Waals surface area contributed by atoms with Gasteiger partial charge in [0, 0.05) is 12.6 Å². The summed E-state index contributed by atoms with van der Waals surface area (Å²) in [4.78, 5) is 20.2. The molecule has 1 N–H and O–H groups in total. The second kappa shape index (κ2) is 7.34. The topological polar surface area (TPSA) is 100 Å². The van der Waals surface area contributed by atoms with Crippen LogP contribution in [0.25, 0.3) is 0 Å². The molecule has 8 nitrogen and oxygen atoms in total. The number of nitriles is 1. The third kappa shape index (κ3) is 6.69. The van der Waals surface area contributed by atoms with Crippen LogP contribution in [0.1, 0.15) is 47.4 Å². The van der Waals surface area contributed by atoms with Crippen LogP contribution in [0, 0.1) is 16.7 Å². The van der Waals surface area contributed by atoms with E-state index in [-0.39, 0.29) is 17.1 Å². The Hall–Kier alpha value is -2.56. The number of carbonyl (C=O) groups is 1. The summed E-state index contributed by atoms with van der Waals surface area (Å²) in [5, 5.41) is 10.6. The predicted molar refractivity (Wildman–Crippen MR) is 89.5 cm³/mol. The van der Waals surface area contributed by atoms with Gasteiger partial charge in [-0.15, -0.1) is 0 Å². The van der Waals surface area contributed by atoms with Gasteiger partial charge in [0.1, 0.15) is 11.7 Å². The summed E-state index contributed by atoms with van der Waals surface area (Å²) in [5.41, 5.74) is 1.89. The maximum atomic E-state index is 12.1. The molecule has 0 aliphatic rings. The number of ether oxygens (including phenoxy) is 2. The molecule has 1 amide bonds. The van der Waals surface area contributed by atoms with Gasteiger partial charge >= 0.3 is 6.09 Å². The predicted octanol–water partition coefficient (Wildman–Crippen LogP) is 2.65. The molecule has 1 rings (SSSR count). The molecular weight excluding hydrogens is 310 g/mol. The van der Waals surface area contributed by atoms with Crippen LogP contribution in [0.5, 0.6) is 5.88 Å². The largest absolute Gasteiger partial charge is 0.481 e. The average molecular weight is 335 g/mol. The maximum absolute atomic E-state index is 12.1. The second-order valence-corrected chi connectivity index (χ2v) is 7.46. The molecule has 0 radical (unpaired) electrons. The summed E-state index contributed by atoms with van der Waals surface area (Å²) in [7, 11) is 1.45. The molecule has 0 aliphatic carbocycles. The number of aromatic nitrogens is 2. The van der Waals surface area contributed by atoms with E-state index in [4.69, 9.17) is 14.7 Å². The van der Waals surface area contributed by atoms with E-state index in [1.165, 1.54) is 12.1 Å². The first-order chi connectivity index (χ1) is 10.9. The summed E-state index contributed by atoms with van der Waals surface area (Å²) < 4.78 is 10.4. The fraction of sp³-hybridized carbons (Fsp3) is 0.625. The molecular formula is C16H25N5O3. The molecule has 132 valence electrons. The van der Waals surface area contributed by atoms with E-state index < -0.39 is 11.7 Å². The number of hydrazine groups is 1. The molecule has 0 fully saturated rings. The number of carbonyl (C=O) groups excluding carboxylic acids is 1. The van der Waals surface area contributed by atoms with Gasteiger partial charge in [0.25, 0.3) is 0 Å². The van der Waals surface area contributed by atoms with E-state index >= 15 is 0 Å². The molecule has 0 atom stereocenters. The van der Waals surface area contributed by atoms with Gasteiger partial charge in [-0.25, -0.2) is 10.2 Å². The Labute approximate surface area is 142 Å². The fourth-order valence-electron chi connectivity index (χ4n) is 1.77. The van der Waals surface area contributed by atoms with Gasteiger partial charge in [0.15, 0.2) is 5.82 Å². The minimum absolute atomic E-state index is 0.0470. The van der Waals surface area contributed by atoms with Crippen LogP contribution in [0.15, 0.2) is 6.07 Å². The van der Waals surface area contributed by atoms with Crippen LogP contribution in [-0.2, 0) is 4.74 Å². The first-order valence-electron chi connectivity index (χ1n) is 7.54. The number of methoxy groups -OCH3 is 1. The van der Waals surface area contributed by atoms with Gasteiger partial charge in [-0.05, 0) is 26.2 Å². The van der Waals surface area contributed by atoms with Crippen molar-refractivity contribution in [1.29, 1.82) is 5.26 Å². The first kappa shape index (κ1) is 19.5. The van der Waals surface area contributed by atoms with Gasteiger partial charge in [-0.1, -0.05) is 20.8 Å². The molecule has 0 aromatic carbocycles. The Morgan fingerprint density at radius 2 is 1.92 bits per heavy atom. The van der Waals surface area contributed by atoms with Gasteiger partial charge in [0.05, 0.1) is 7.11 Å². The van der Waals surface area contributed by atoms with Crippen LogP contribution in [0.3, 0.4) is 0 Å². The number of hydrogen-bond acceptors (Lipinski definition) is 7. The van der Waals surface area contributed by atoms with Crippen LogP contribution in [-0.4, -0.2) is 35.3 Å². The lowest BCUT2D eigenvalue weighted by atomic mass is 9.97. The number of nitrogens with one attached hydrogen (secondary N) is 1. The van der Waals surface area contributed by atoms with Crippen LogP contribution < -0.4 is 15.2 Å². The van der Waals surface area contributed by atoms with Crippen LogP contribution in [0.2, 0.25) is 0 Å². The highest BCUT2D eigenvalue weighted by Gasteiger charge is 2.24. The van der Waals surface area contributed by atoms with E-state index in [1.807, 2.05) is 26.8 Å². The van der Waals surface area contributed by atoms with Crippen molar-refractivity contribution in [2.75, 3.05) is 18.7 Å². The zero-order valence-corrected chi connectivity index (χ0v) is 15.3. The van der Waals surface area contributed by atoms with Crippen LogP contribution >= 0.6 is 0 Å². The summed E-state index contributed by atoms with van der Waals surface area (Å²) in [6, 6.07) is 3.42. The molecule has 0 spiro atoms. The monoisotopic (exact) mass is 335 g/mol. The molecule has 1 aromatic heterocycles. The van der Waals surface area contributed by atoms with E-state index in [0.717, 1.165) is 0 Å².